The molecular formula is C13H18O3. The maximum Gasteiger partial charge on any atom is 0.373 e. The van der Waals surface area contributed by atoms with Gasteiger partial charge in [0.15, 0.2) is 0 Å². The molecule has 0 aromatic heterocycles. The summed E-state index contributed by atoms with van der Waals surface area (Å²) in [6.07, 6.45) is 0. The average Bonchev–Trinajstić information content (AvgIpc) is 2.26. The maximum absolute atomic E-state index is 11.6. The van der Waals surface area contributed by atoms with Gasteiger partial charge in [-0.3, -0.25) is 4.89 Å². The summed E-state index contributed by atoms with van der Waals surface area (Å²) in [6, 6.07) is 5.71. The second-order valence-electron chi connectivity index (χ2n) is 4.50. The van der Waals surface area contributed by atoms with E-state index in [9.17, 15) is 4.79 Å². The van der Waals surface area contributed by atoms with Crippen molar-refractivity contribution in [2.45, 2.75) is 39.5 Å². The second kappa shape index (κ2) is 5.12. The molecule has 1 N–H and O–H groups in total. The predicted octanol–water partition coefficient (Wildman–Crippen LogP) is 3.56. The van der Waals surface area contributed by atoms with Crippen LogP contribution in [0.3, 0.4) is 0 Å². The Labute approximate surface area is 96.0 Å². The molecule has 3 heteroatoms. The molecule has 0 aliphatic carbocycles. The van der Waals surface area contributed by atoms with Crippen molar-refractivity contribution in [3.8, 4) is 0 Å². The van der Waals surface area contributed by atoms with Crippen molar-refractivity contribution >= 4 is 5.97 Å². The molecule has 0 amide bonds. The molecule has 1 aromatic carbocycles. The molecule has 0 aliphatic heterocycles. The van der Waals surface area contributed by atoms with Crippen LogP contribution >= 0.6 is 0 Å². The van der Waals surface area contributed by atoms with E-state index in [1.54, 1.807) is 0 Å². The molecular weight excluding hydrogens is 204 g/mol. The Morgan fingerprint density at radius 2 is 1.56 bits per heavy atom. The maximum atomic E-state index is 11.6. The van der Waals surface area contributed by atoms with E-state index >= 15 is 0 Å². The molecule has 1 aromatic rings. The number of rotatable bonds is 3. The van der Waals surface area contributed by atoms with Crippen molar-refractivity contribution in [3.05, 3.63) is 34.9 Å². The first-order valence-corrected chi connectivity index (χ1v) is 5.47. The van der Waals surface area contributed by atoms with Crippen LogP contribution in [-0.2, 0) is 4.89 Å². The summed E-state index contributed by atoms with van der Waals surface area (Å²) >= 11 is 0. The summed E-state index contributed by atoms with van der Waals surface area (Å²) in [7, 11) is 0. The Hall–Kier alpha value is -1.35. The normalized spacial score (nSPS) is 10.9. The lowest BCUT2D eigenvalue weighted by Gasteiger charge is -2.16. The van der Waals surface area contributed by atoms with E-state index < -0.39 is 5.97 Å². The van der Waals surface area contributed by atoms with Gasteiger partial charge in [0.25, 0.3) is 0 Å². The Balaban J connectivity index is 3.41. The summed E-state index contributed by atoms with van der Waals surface area (Å²) in [5.41, 5.74) is 2.31. The first-order valence-electron chi connectivity index (χ1n) is 5.47. The Morgan fingerprint density at radius 1 is 1.12 bits per heavy atom. The van der Waals surface area contributed by atoms with E-state index in [4.69, 9.17) is 5.26 Å². The average molecular weight is 222 g/mol. The number of benzene rings is 1. The molecule has 0 heterocycles. The zero-order valence-electron chi connectivity index (χ0n) is 10.2. The molecule has 0 radical (unpaired) electrons. The van der Waals surface area contributed by atoms with Crippen molar-refractivity contribution < 1.29 is 14.9 Å². The van der Waals surface area contributed by atoms with Gasteiger partial charge in [-0.25, -0.2) is 4.79 Å². The van der Waals surface area contributed by atoms with E-state index in [2.05, 4.69) is 4.89 Å². The van der Waals surface area contributed by atoms with Crippen LogP contribution in [0.1, 0.15) is 61.0 Å². The van der Waals surface area contributed by atoms with Crippen LogP contribution in [0.15, 0.2) is 18.2 Å². The molecule has 88 valence electrons. The van der Waals surface area contributed by atoms with Gasteiger partial charge in [-0.1, -0.05) is 45.9 Å². The zero-order valence-corrected chi connectivity index (χ0v) is 10.2. The minimum absolute atomic E-state index is 0.216. The summed E-state index contributed by atoms with van der Waals surface area (Å²) in [4.78, 5) is 15.5. The van der Waals surface area contributed by atoms with E-state index in [-0.39, 0.29) is 11.8 Å². The van der Waals surface area contributed by atoms with Gasteiger partial charge in [-0.2, -0.15) is 5.26 Å². The fraction of sp³-hybridized carbons (Fsp3) is 0.462. The smallest absolute Gasteiger partial charge is 0.295 e. The highest BCUT2D eigenvalue weighted by atomic mass is 17.1. The molecule has 0 aliphatic rings. The van der Waals surface area contributed by atoms with Crippen LogP contribution in [0.2, 0.25) is 0 Å². The second-order valence-corrected chi connectivity index (χ2v) is 4.50. The predicted molar refractivity (Wildman–Crippen MR) is 62.7 cm³/mol. The van der Waals surface area contributed by atoms with Crippen LogP contribution in [0.25, 0.3) is 0 Å². The minimum atomic E-state index is -0.673. The Bertz CT molecular complexity index is 355. The molecule has 0 fully saturated rings. The number of carbonyl (C=O) groups is 1. The van der Waals surface area contributed by atoms with E-state index in [0.717, 1.165) is 11.1 Å². The molecule has 16 heavy (non-hydrogen) atoms. The van der Waals surface area contributed by atoms with Gasteiger partial charge in [0.2, 0.25) is 0 Å². The largest absolute Gasteiger partial charge is 0.373 e. The molecule has 0 unspecified atom stereocenters. The van der Waals surface area contributed by atoms with Crippen LogP contribution < -0.4 is 0 Å². The fourth-order valence-electron chi connectivity index (χ4n) is 1.83. The Kier molecular flexibility index (Phi) is 4.07. The molecule has 0 saturated heterocycles. The first kappa shape index (κ1) is 12.7. The third kappa shape index (κ3) is 2.42. The standard InChI is InChI=1S/C13H18O3/c1-8(2)10-6-5-7-11(9(3)4)12(10)13(14)16-15/h5-9,15H,1-4H3. The highest BCUT2D eigenvalue weighted by Gasteiger charge is 2.20. The van der Waals surface area contributed by atoms with Gasteiger partial charge in [-0.15, -0.1) is 0 Å². The lowest BCUT2D eigenvalue weighted by atomic mass is 9.89. The monoisotopic (exact) mass is 222 g/mol. The highest BCUT2D eigenvalue weighted by molar-refractivity contribution is 5.92. The minimum Gasteiger partial charge on any atom is -0.295 e. The van der Waals surface area contributed by atoms with Crippen LogP contribution in [0, 0.1) is 0 Å². The molecule has 0 spiro atoms. The molecule has 0 atom stereocenters. The van der Waals surface area contributed by atoms with Crippen LogP contribution in [-0.4, -0.2) is 11.2 Å². The summed E-state index contributed by atoms with van der Waals surface area (Å²) in [6.45, 7) is 8.03. The zero-order chi connectivity index (χ0) is 12.3. The van der Waals surface area contributed by atoms with Gasteiger partial charge in [-0.05, 0) is 23.0 Å². The number of hydrogen-bond donors (Lipinski definition) is 1. The summed E-state index contributed by atoms with van der Waals surface area (Å²) in [5, 5.41) is 8.55. The quantitative estimate of drug-likeness (QED) is 0.628. The van der Waals surface area contributed by atoms with E-state index in [1.165, 1.54) is 0 Å². The topological polar surface area (TPSA) is 46.5 Å². The highest BCUT2D eigenvalue weighted by Crippen LogP contribution is 2.28. The lowest BCUT2D eigenvalue weighted by Crippen LogP contribution is -2.11. The van der Waals surface area contributed by atoms with Crippen molar-refractivity contribution in [3.63, 3.8) is 0 Å². The van der Waals surface area contributed by atoms with E-state index in [1.807, 2.05) is 45.9 Å². The van der Waals surface area contributed by atoms with Crippen molar-refractivity contribution in [2.24, 2.45) is 0 Å². The first-order chi connectivity index (χ1) is 7.49. The van der Waals surface area contributed by atoms with Crippen molar-refractivity contribution in [2.75, 3.05) is 0 Å². The van der Waals surface area contributed by atoms with Crippen molar-refractivity contribution in [1.29, 1.82) is 0 Å². The SMILES string of the molecule is CC(C)c1cccc(C(C)C)c1C(=O)OO. The van der Waals surface area contributed by atoms with Crippen molar-refractivity contribution in [1.82, 2.24) is 0 Å². The Morgan fingerprint density at radius 3 is 1.88 bits per heavy atom. The third-order valence-electron chi connectivity index (χ3n) is 2.66. The molecule has 1 rings (SSSR count). The lowest BCUT2D eigenvalue weighted by molar-refractivity contribution is -0.183. The van der Waals surface area contributed by atoms with Crippen LogP contribution in [0.4, 0.5) is 0 Å². The summed E-state index contributed by atoms with van der Waals surface area (Å²) in [5.74, 6) is -0.242. The van der Waals surface area contributed by atoms with Gasteiger partial charge >= 0.3 is 5.97 Å². The van der Waals surface area contributed by atoms with Gasteiger partial charge < -0.3 is 0 Å². The molecule has 3 nitrogen and oxygen atoms in total. The summed E-state index contributed by atoms with van der Waals surface area (Å²) < 4.78 is 0. The fourth-order valence-corrected chi connectivity index (χ4v) is 1.83. The van der Waals surface area contributed by atoms with E-state index in [0.29, 0.717) is 5.56 Å². The number of hydrogen-bond acceptors (Lipinski definition) is 3. The number of carbonyl (C=O) groups excluding carboxylic acids is 1. The van der Waals surface area contributed by atoms with Gasteiger partial charge in [0.05, 0.1) is 5.56 Å². The molecule has 0 bridgehead atoms. The van der Waals surface area contributed by atoms with Gasteiger partial charge in [0, 0.05) is 0 Å². The molecule has 0 saturated carbocycles. The third-order valence-corrected chi connectivity index (χ3v) is 2.66. The van der Waals surface area contributed by atoms with Crippen LogP contribution in [0.5, 0.6) is 0 Å². The van der Waals surface area contributed by atoms with Gasteiger partial charge in [0.1, 0.15) is 0 Å².